The maximum absolute atomic E-state index is 12.8. The molecule has 54 heavy (non-hydrogen) atoms. The molecule has 5 heterocycles. The zero-order valence-corrected chi connectivity index (χ0v) is 32.2. The summed E-state index contributed by atoms with van der Waals surface area (Å²) in [5.74, 6) is 1.50. The number of nitrogens with one attached hydrogen (secondary N) is 1. The zero-order valence-electron chi connectivity index (χ0n) is 32.2. The van der Waals surface area contributed by atoms with Gasteiger partial charge in [0.2, 0.25) is 0 Å². The topological polar surface area (TPSA) is 109 Å². The van der Waals surface area contributed by atoms with Gasteiger partial charge in [0.25, 0.3) is 0 Å². The molecule has 282 valence electrons. The van der Waals surface area contributed by atoms with Gasteiger partial charge in [-0.15, -0.1) is 0 Å². The SMILES string of the molecule is C=Cc1cc2c(N3CCC4(CC3)CN(C(=O)OC(C)(C)C)C4)nc(OC3CCN(C)CC3)nc2c(OCc2ccccc2)c1-c1c(C)ccc2[nH]ncc12. The van der Waals surface area contributed by atoms with Crippen molar-refractivity contribution in [3.63, 3.8) is 0 Å². The van der Waals surface area contributed by atoms with Crippen LogP contribution in [-0.4, -0.2) is 94.1 Å². The Kier molecular flexibility index (Phi) is 9.46. The fourth-order valence-corrected chi connectivity index (χ4v) is 8.24. The Morgan fingerprint density at radius 2 is 1.74 bits per heavy atom. The molecule has 3 aliphatic heterocycles. The first-order chi connectivity index (χ1) is 26.0. The number of hydrogen-bond donors (Lipinski definition) is 1. The molecule has 11 nitrogen and oxygen atoms in total. The van der Waals surface area contributed by atoms with E-state index in [1.165, 1.54) is 0 Å². The summed E-state index contributed by atoms with van der Waals surface area (Å²) in [6.45, 7) is 17.4. The van der Waals surface area contributed by atoms with Crippen molar-refractivity contribution < 1.29 is 19.0 Å². The van der Waals surface area contributed by atoms with Crippen LogP contribution in [0.4, 0.5) is 10.6 Å². The molecule has 1 amide bonds. The molecule has 1 N–H and O–H groups in total. The van der Waals surface area contributed by atoms with E-state index in [9.17, 15) is 4.79 Å². The van der Waals surface area contributed by atoms with Crippen molar-refractivity contribution in [2.24, 2.45) is 5.41 Å². The molecular formula is C43H51N7O4. The van der Waals surface area contributed by atoms with Crippen molar-refractivity contribution in [2.75, 3.05) is 51.2 Å². The van der Waals surface area contributed by atoms with Crippen LogP contribution in [0.3, 0.4) is 0 Å². The maximum Gasteiger partial charge on any atom is 0.410 e. The van der Waals surface area contributed by atoms with Gasteiger partial charge in [0, 0.05) is 61.0 Å². The van der Waals surface area contributed by atoms with Crippen LogP contribution >= 0.6 is 0 Å². The number of aromatic amines is 1. The number of fused-ring (bicyclic) bond motifs is 2. The number of carbonyl (C=O) groups is 1. The quantitative estimate of drug-likeness (QED) is 0.170. The first-order valence-electron chi connectivity index (χ1n) is 19.2. The van der Waals surface area contributed by atoms with Crippen molar-refractivity contribution in [3.8, 4) is 22.9 Å². The summed E-state index contributed by atoms with van der Waals surface area (Å²) in [6.07, 6.45) is 7.27. The van der Waals surface area contributed by atoms with E-state index < -0.39 is 5.60 Å². The average molecular weight is 730 g/mol. The smallest absolute Gasteiger partial charge is 0.410 e. The number of benzene rings is 3. The van der Waals surface area contributed by atoms with Gasteiger partial charge in [-0.2, -0.15) is 15.1 Å². The molecule has 3 aromatic carbocycles. The van der Waals surface area contributed by atoms with Crippen molar-refractivity contribution in [1.82, 2.24) is 30.0 Å². The summed E-state index contributed by atoms with van der Waals surface area (Å²) >= 11 is 0. The van der Waals surface area contributed by atoms with Gasteiger partial charge in [0.1, 0.15) is 29.6 Å². The normalized spacial score (nSPS) is 17.9. The number of H-pyrrole nitrogens is 1. The van der Waals surface area contributed by atoms with Crippen LogP contribution in [0.5, 0.6) is 11.8 Å². The van der Waals surface area contributed by atoms with E-state index in [4.69, 9.17) is 24.2 Å². The number of ether oxygens (including phenoxy) is 3. The lowest BCUT2D eigenvalue weighted by molar-refractivity contribution is -0.0434. The van der Waals surface area contributed by atoms with Crippen molar-refractivity contribution in [2.45, 2.75) is 71.7 Å². The molecule has 0 radical (unpaired) electrons. The highest BCUT2D eigenvalue weighted by molar-refractivity contribution is 6.07. The number of anilines is 1. The second-order valence-corrected chi connectivity index (χ2v) is 16.4. The molecule has 3 aliphatic rings. The van der Waals surface area contributed by atoms with Gasteiger partial charge in [-0.25, -0.2) is 4.79 Å². The largest absolute Gasteiger partial charge is 0.486 e. The second kappa shape index (κ2) is 14.2. The molecule has 3 saturated heterocycles. The van der Waals surface area contributed by atoms with Crippen molar-refractivity contribution in [3.05, 3.63) is 78.0 Å². The number of rotatable bonds is 8. The van der Waals surface area contributed by atoms with Crippen LogP contribution < -0.4 is 14.4 Å². The Balaban J connectivity index is 1.23. The third-order valence-electron chi connectivity index (χ3n) is 11.2. The lowest BCUT2D eigenvalue weighted by atomic mass is 9.72. The number of nitrogens with zero attached hydrogens (tertiary/aromatic N) is 6. The Morgan fingerprint density at radius 3 is 2.44 bits per heavy atom. The van der Waals surface area contributed by atoms with E-state index in [1.54, 1.807) is 0 Å². The molecule has 2 aromatic heterocycles. The van der Waals surface area contributed by atoms with E-state index >= 15 is 0 Å². The van der Waals surface area contributed by atoms with E-state index in [-0.39, 0.29) is 17.6 Å². The monoisotopic (exact) mass is 729 g/mol. The highest BCUT2D eigenvalue weighted by Gasteiger charge is 2.48. The molecule has 0 aliphatic carbocycles. The average Bonchev–Trinajstić information content (AvgIpc) is 3.62. The van der Waals surface area contributed by atoms with E-state index in [0.717, 1.165) is 102 Å². The summed E-state index contributed by atoms with van der Waals surface area (Å²) in [7, 11) is 2.15. The fraction of sp³-hybridized carbons (Fsp3) is 0.442. The first-order valence-corrected chi connectivity index (χ1v) is 19.2. The number of amides is 1. The summed E-state index contributed by atoms with van der Waals surface area (Å²) in [4.78, 5) is 29.7. The fourth-order valence-electron chi connectivity index (χ4n) is 8.24. The van der Waals surface area contributed by atoms with Gasteiger partial charge in [0.05, 0.1) is 11.7 Å². The summed E-state index contributed by atoms with van der Waals surface area (Å²) < 4.78 is 19.3. The van der Waals surface area contributed by atoms with Gasteiger partial charge in [-0.05, 0) is 94.8 Å². The summed E-state index contributed by atoms with van der Waals surface area (Å²) in [5.41, 5.74) is 6.23. The summed E-state index contributed by atoms with van der Waals surface area (Å²) in [5, 5.41) is 9.45. The Labute approximate surface area is 317 Å². The Morgan fingerprint density at radius 1 is 1.00 bits per heavy atom. The minimum atomic E-state index is -0.512. The molecule has 0 bridgehead atoms. The highest BCUT2D eigenvalue weighted by Crippen LogP contribution is 2.48. The maximum atomic E-state index is 12.8. The zero-order chi connectivity index (χ0) is 37.6. The third-order valence-corrected chi connectivity index (χ3v) is 11.2. The van der Waals surface area contributed by atoms with Crippen LogP contribution in [0.15, 0.2) is 61.3 Å². The van der Waals surface area contributed by atoms with Crippen LogP contribution in [0.25, 0.3) is 39.0 Å². The predicted molar refractivity (Wildman–Crippen MR) is 213 cm³/mol. The van der Waals surface area contributed by atoms with Gasteiger partial charge in [-0.3, -0.25) is 5.10 Å². The van der Waals surface area contributed by atoms with Crippen molar-refractivity contribution in [1.29, 1.82) is 0 Å². The van der Waals surface area contributed by atoms with Crippen LogP contribution in [0.2, 0.25) is 0 Å². The first kappa shape index (κ1) is 35.8. The number of aromatic nitrogens is 4. The van der Waals surface area contributed by atoms with Gasteiger partial charge < -0.3 is 28.9 Å². The van der Waals surface area contributed by atoms with Crippen LogP contribution in [0.1, 0.15) is 63.1 Å². The lowest BCUT2D eigenvalue weighted by Crippen LogP contribution is -2.62. The predicted octanol–water partition coefficient (Wildman–Crippen LogP) is 8.01. The van der Waals surface area contributed by atoms with E-state index in [2.05, 4.69) is 70.9 Å². The molecule has 0 atom stereocenters. The highest BCUT2D eigenvalue weighted by atomic mass is 16.6. The number of aryl methyl sites for hydroxylation is 1. The Hall–Kier alpha value is -5.16. The molecule has 3 fully saturated rings. The van der Waals surface area contributed by atoms with Crippen LogP contribution in [-0.2, 0) is 11.3 Å². The minimum absolute atomic E-state index is 0.0208. The van der Waals surface area contributed by atoms with Gasteiger partial charge in [-0.1, -0.05) is 49.1 Å². The van der Waals surface area contributed by atoms with Crippen molar-refractivity contribution >= 4 is 39.8 Å². The standard InChI is InChI=1S/C43H51N7O4/c1-7-30-23-32-37(38(52-25-29-11-9-8-10-12-29)36(30)35-28(2)13-14-34-33(35)24-44-47-34)45-40(53-31-15-19-48(6)20-16-31)46-39(32)49-21-17-43(18-22-49)26-50(27-43)41(51)54-42(3,4)5/h7-14,23-24,31H,1,15-22,25-27H2,2-6H3,(H,44,47). The number of likely N-dealkylation sites (tertiary alicyclic amines) is 2. The molecule has 11 heteroatoms. The molecular weight excluding hydrogens is 679 g/mol. The minimum Gasteiger partial charge on any atom is -0.486 e. The van der Waals surface area contributed by atoms with Gasteiger partial charge >= 0.3 is 12.1 Å². The molecule has 0 unspecified atom stereocenters. The number of hydrogen-bond acceptors (Lipinski definition) is 9. The molecule has 5 aromatic rings. The molecule has 1 spiro atoms. The molecule has 0 saturated carbocycles. The number of carbonyl (C=O) groups excluding carboxylic acids is 1. The van der Waals surface area contributed by atoms with Gasteiger partial charge in [0.15, 0.2) is 5.75 Å². The third kappa shape index (κ3) is 7.09. The summed E-state index contributed by atoms with van der Waals surface area (Å²) in [6, 6.07) is 16.9. The van der Waals surface area contributed by atoms with E-state index in [0.29, 0.717) is 37.0 Å². The second-order valence-electron chi connectivity index (χ2n) is 16.4. The molecule has 8 rings (SSSR count). The van der Waals surface area contributed by atoms with E-state index in [1.807, 2.05) is 56.1 Å². The Bertz CT molecular complexity index is 2170. The number of piperidine rings is 2. The lowest BCUT2D eigenvalue weighted by Gasteiger charge is -2.53. The van der Waals surface area contributed by atoms with Crippen LogP contribution in [0, 0.1) is 12.3 Å².